The summed E-state index contributed by atoms with van der Waals surface area (Å²) in [5, 5.41) is 10.0. The van der Waals surface area contributed by atoms with Crippen molar-refractivity contribution in [2.45, 2.75) is 19.4 Å². The number of carbonyl (C=O) groups is 1. The largest absolute Gasteiger partial charge is 0.493 e. The van der Waals surface area contributed by atoms with Gasteiger partial charge in [-0.3, -0.25) is 14.9 Å². The van der Waals surface area contributed by atoms with Gasteiger partial charge in [-0.15, -0.1) is 0 Å². The van der Waals surface area contributed by atoms with E-state index in [1.807, 2.05) is 36.4 Å². The Kier molecular flexibility index (Phi) is 4.59. The SMILES string of the molecule is O=C(NCc1nc(-c2ccncc2)n[nH]1)C1CCOc2ccccc2C1. The van der Waals surface area contributed by atoms with Crippen molar-refractivity contribution in [3.05, 3.63) is 60.2 Å². The Bertz CT molecular complexity index is 894. The highest BCUT2D eigenvalue weighted by molar-refractivity contribution is 5.79. The number of nitrogens with zero attached hydrogens (tertiary/aromatic N) is 3. The molecule has 3 aromatic rings. The Balaban J connectivity index is 1.38. The van der Waals surface area contributed by atoms with Crippen LogP contribution in [-0.2, 0) is 17.8 Å². The lowest BCUT2D eigenvalue weighted by molar-refractivity contribution is -0.125. The van der Waals surface area contributed by atoms with Gasteiger partial charge in [0.15, 0.2) is 5.82 Å². The van der Waals surface area contributed by atoms with Crippen molar-refractivity contribution in [1.29, 1.82) is 0 Å². The molecule has 0 fully saturated rings. The highest BCUT2D eigenvalue weighted by atomic mass is 16.5. The van der Waals surface area contributed by atoms with E-state index < -0.39 is 0 Å². The van der Waals surface area contributed by atoms with E-state index in [1.54, 1.807) is 12.4 Å². The average molecular weight is 349 g/mol. The number of rotatable bonds is 4. The number of ether oxygens (including phenoxy) is 1. The molecule has 2 aromatic heterocycles. The predicted octanol–water partition coefficient (Wildman–Crippen LogP) is 2.12. The highest BCUT2D eigenvalue weighted by Crippen LogP contribution is 2.26. The molecule has 1 unspecified atom stereocenters. The van der Waals surface area contributed by atoms with Crippen LogP contribution in [0.1, 0.15) is 17.8 Å². The minimum Gasteiger partial charge on any atom is -0.493 e. The van der Waals surface area contributed by atoms with Gasteiger partial charge in [0, 0.05) is 23.9 Å². The number of aromatic amines is 1. The van der Waals surface area contributed by atoms with Crippen LogP contribution in [0.3, 0.4) is 0 Å². The van der Waals surface area contributed by atoms with Crippen LogP contribution in [0.4, 0.5) is 0 Å². The summed E-state index contributed by atoms with van der Waals surface area (Å²) in [6.07, 6.45) is 4.76. The molecule has 0 spiro atoms. The van der Waals surface area contributed by atoms with Crippen LogP contribution in [0.25, 0.3) is 11.4 Å². The Labute approximate surface area is 150 Å². The van der Waals surface area contributed by atoms with Crippen molar-refractivity contribution < 1.29 is 9.53 Å². The minimum absolute atomic E-state index is 0.00663. The normalized spacial score (nSPS) is 16.2. The van der Waals surface area contributed by atoms with Gasteiger partial charge in [-0.05, 0) is 36.6 Å². The van der Waals surface area contributed by atoms with Gasteiger partial charge in [-0.2, -0.15) is 5.10 Å². The molecular weight excluding hydrogens is 330 g/mol. The van der Waals surface area contributed by atoms with E-state index in [2.05, 4.69) is 25.5 Å². The van der Waals surface area contributed by atoms with Gasteiger partial charge in [0.25, 0.3) is 0 Å². The van der Waals surface area contributed by atoms with E-state index in [0.717, 1.165) is 16.9 Å². The Hall–Kier alpha value is -3.22. The number of carbonyl (C=O) groups excluding carboxylic acids is 1. The van der Waals surface area contributed by atoms with Gasteiger partial charge >= 0.3 is 0 Å². The standard InChI is InChI=1S/C19H19N5O2/c25-19(15-7-10-26-16-4-2-1-3-14(16)11-15)21-12-17-22-18(24-23-17)13-5-8-20-9-6-13/h1-6,8-9,15H,7,10-12H2,(H,21,25)(H,22,23,24). The van der Waals surface area contributed by atoms with Crippen molar-refractivity contribution in [1.82, 2.24) is 25.5 Å². The van der Waals surface area contributed by atoms with E-state index >= 15 is 0 Å². The van der Waals surface area contributed by atoms with Gasteiger partial charge in [0.1, 0.15) is 11.6 Å². The number of fused-ring (bicyclic) bond motifs is 1. The lowest BCUT2D eigenvalue weighted by Crippen LogP contribution is -2.32. The number of nitrogens with one attached hydrogen (secondary N) is 2. The molecular formula is C19H19N5O2. The summed E-state index contributed by atoms with van der Waals surface area (Å²) < 4.78 is 5.73. The predicted molar refractivity (Wildman–Crippen MR) is 95.2 cm³/mol. The molecule has 4 rings (SSSR count). The molecule has 1 atom stereocenters. The van der Waals surface area contributed by atoms with Gasteiger partial charge < -0.3 is 10.1 Å². The number of hydrogen-bond acceptors (Lipinski definition) is 5. The van der Waals surface area contributed by atoms with Gasteiger partial charge in [0.2, 0.25) is 5.91 Å². The van der Waals surface area contributed by atoms with Gasteiger partial charge in [0.05, 0.1) is 13.2 Å². The summed E-state index contributed by atoms with van der Waals surface area (Å²) in [6.45, 7) is 0.861. The quantitative estimate of drug-likeness (QED) is 0.753. The third-order valence-electron chi connectivity index (χ3n) is 4.43. The van der Waals surface area contributed by atoms with E-state index in [1.165, 1.54) is 0 Å². The summed E-state index contributed by atoms with van der Waals surface area (Å²) in [6, 6.07) is 11.6. The zero-order valence-electron chi connectivity index (χ0n) is 14.2. The Morgan fingerprint density at radius 1 is 1.23 bits per heavy atom. The van der Waals surface area contributed by atoms with Gasteiger partial charge in [-0.25, -0.2) is 4.98 Å². The van der Waals surface area contributed by atoms with Crippen LogP contribution in [0, 0.1) is 5.92 Å². The van der Waals surface area contributed by atoms with Crippen molar-refractivity contribution in [2.24, 2.45) is 5.92 Å². The maximum absolute atomic E-state index is 12.6. The fourth-order valence-electron chi connectivity index (χ4n) is 3.04. The molecule has 1 amide bonds. The second kappa shape index (κ2) is 7.35. The van der Waals surface area contributed by atoms with Crippen molar-refractivity contribution in [3.8, 4) is 17.1 Å². The monoisotopic (exact) mass is 349 g/mol. The lowest BCUT2D eigenvalue weighted by atomic mass is 9.96. The van der Waals surface area contributed by atoms with Crippen LogP contribution in [0.5, 0.6) is 5.75 Å². The van der Waals surface area contributed by atoms with Crippen LogP contribution in [0.2, 0.25) is 0 Å². The van der Waals surface area contributed by atoms with E-state index in [0.29, 0.717) is 37.6 Å². The molecule has 1 aromatic carbocycles. The molecule has 132 valence electrons. The molecule has 0 radical (unpaired) electrons. The maximum Gasteiger partial charge on any atom is 0.223 e. The molecule has 0 saturated carbocycles. The van der Waals surface area contributed by atoms with E-state index in [-0.39, 0.29) is 11.8 Å². The second-order valence-electron chi connectivity index (χ2n) is 6.21. The molecule has 1 aliphatic heterocycles. The molecule has 7 heteroatoms. The van der Waals surface area contributed by atoms with Crippen LogP contribution in [-0.4, -0.2) is 32.7 Å². The number of para-hydroxylation sites is 1. The smallest absolute Gasteiger partial charge is 0.223 e. The number of amides is 1. The maximum atomic E-state index is 12.6. The lowest BCUT2D eigenvalue weighted by Gasteiger charge is -2.13. The number of hydrogen-bond donors (Lipinski definition) is 2. The molecule has 26 heavy (non-hydrogen) atoms. The second-order valence-corrected chi connectivity index (χ2v) is 6.21. The topological polar surface area (TPSA) is 92.8 Å². The summed E-state index contributed by atoms with van der Waals surface area (Å²) in [5.74, 6) is 1.98. The number of pyridine rings is 1. The Morgan fingerprint density at radius 3 is 2.96 bits per heavy atom. The third-order valence-corrected chi connectivity index (χ3v) is 4.43. The molecule has 3 heterocycles. The van der Waals surface area contributed by atoms with Crippen molar-refractivity contribution >= 4 is 5.91 Å². The van der Waals surface area contributed by atoms with Gasteiger partial charge in [-0.1, -0.05) is 18.2 Å². The number of H-pyrrole nitrogens is 1. The molecule has 0 aliphatic carbocycles. The first-order valence-corrected chi connectivity index (χ1v) is 8.59. The van der Waals surface area contributed by atoms with Crippen molar-refractivity contribution in [2.75, 3.05) is 6.61 Å². The van der Waals surface area contributed by atoms with E-state index in [9.17, 15) is 4.79 Å². The summed E-state index contributed by atoms with van der Waals surface area (Å²) in [5.41, 5.74) is 1.95. The fraction of sp³-hybridized carbons (Fsp3) is 0.263. The van der Waals surface area contributed by atoms with Crippen LogP contribution in [0.15, 0.2) is 48.8 Å². The third kappa shape index (κ3) is 3.56. The molecule has 0 bridgehead atoms. The molecule has 0 saturated heterocycles. The molecule has 1 aliphatic rings. The fourth-order valence-corrected chi connectivity index (χ4v) is 3.04. The summed E-state index contributed by atoms with van der Waals surface area (Å²) in [4.78, 5) is 21.0. The average Bonchev–Trinajstić information content (AvgIpc) is 3.05. The number of aromatic nitrogens is 4. The van der Waals surface area contributed by atoms with E-state index in [4.69, 9.17) is 4.74 Å². The van der Waals surface area contributed by atoms with Crippen LogP contribution < -0.4 is 10.1 Å². The highest BCUT2D eigenvalue weighted by Gasteiger charge is 2.23. The van der Waals surface area contributed by atoms with Crippen LogP contribution >= 0.6 is 0 Å². The summed E-state index contributed by atoms with van der Waals surface area (Å²) in [7, 11) is 0. The molecule has 2 N–H and O–H groups in total. The Morgan fingerprint density at radius 2 is 2.08 bits per heavy atom. The first-order valence-electron chi connectivity index (χ1n) is 8.59. The number of benzene rings is 1. The first kappa shape index (κ1) is 16.3. The zero-order valence-corrected chi connectivity index (χ0v) is 14.2. The first-order chi connectivity index (χ1) is 12.8. The molecule has 7 nitrogen and oxygen atoms in total. The summed E-state index contributed by atoms with van der Waals surface area (Å²) >= 11 is 0. The zero-order chi connectivity index (χ0) is 17.8. The van der Waals surface area contributed by atoms with Crippen molar-refractivity contribution in [3.63, 3.8) is 0 Å². The minimum atomic E-state index is -0.110.